The van der Waals surface area contributed by atoms with Crippen molar-refractivity contribution in [1.82, 2.24) is 9.97 Å². The van der Waals surface area contributed by atoms with Gasteiger partial charge in [0.05, 0.1) is 6.85 Å². The minimum Gasteiger partial charge on any atom is -0.350 e. The van der Waals surface area contributed by atoms with Gasteiger partial charge in [0.1, 0.15) is 11.6 Å². The third kappa shape index (κ3) is 6.06. The zero-order chi connectivity index (χ0) is 43.2. The fraction of sp³-hybridized carbons (Fsp3) is 0.245. The third-order valence-corrected chi connectivity index (χ3v) is 12.5. The Labute approximate surface area is 365 Å². The first-order valence-corrected chi connectivity index (χ1v) is 20.2. The second kappa shape index (κ2) is 14.8. The summed E-state index contributed by atoms with van der Waals surface area (Å²) in [7, 11) is 0. The van der Waals surface area contributed by atoms with Crippen LogP contribution in [-0.4, -0.2) is 23.1 Å². The number of anilines is 4. The van der Waals surface area contributed by atoms with E-state index in [4.69, 9.17) is 16.8 Å². The van der Waals surface area contributed by atoms with Crippen molar-refractivity contribution in [2.24, 2.45) is 0 Å². The van der Waals surface area contributed by atoms with Gasteiger partial charge in [0.25, 0.3) is 0 Å². The molecule has 58 heavy (non-hydrogen) atoms. The molecule has 0 N–H and O–H groups in total. The van der Waals surface area contributed by atoms with Crippen LogP contribution in [0.3, 0.4) is 0 Å². The van der Waals surface area contributed by atoms with Gasteiger partial charge in [-0.3, -0.25) is 0 Å². The number of pyridine rings is 2. The van der Waals surface area contributed by atoms with Gasteiger partial charge >= 0.3 is 21.1 Å². The van der Waals surface area contributed by atoms with Crippen molar-refractivity contribution in [2.75, 3.05) is 22.9 Å². The normalized spacial score (nSPS) is 16.4. The fourth-order valence-electron chi connectivity index (χ4n) is 9.46. The zero-order valence-electron chi connectivity index (χ0n) is 38.6. The Morgan fingerprint density at radius 1 is 0.672 bits per heavy atom. The maximum absolute atomic E-state index is 8.70. The standard InChI is InChI=1S/C53H48N4.Pt/c1-35-36(2)51(55-34-45(35)37-15-7-6-8-16-37)57-30-14-18-39-24-26-42(32-49(39)57)53(46-21-11-9-19-43(46)44-20-10-12-22-47(44)53)41-25-23-38-17-13-29-56(48(38)31-41)50-33-40(27-28-54-50)52(3,4)5;/h6-12,15-16,19-28,33-34H,13-14,17-18,29-30H2,1-5H3;/q-2;+2/i6D,7D,8D,15D,16D;. The van der Waals surface area contributed by atoms with E-state index in [0.29, 0.717) is 5.56 Å². The first-order chi connectivity index (χ1) is 29.8. The van der Waals surface area contributed by atoms with Gasteiger partial charge in [-0.1, -0.05) is 124 Å². The molecule has 0 atom stereocenters. The van der Waals surface area contributed by atoms with E-state index in [0.717, 1.165) is 84.0 Å². The van der Waals surface area contributed by atoms with Gasteiger partial charge in [-0.2, -0.15) is 36.4 Å². The predicted octanol–water partition coefficient (Wildman–Crippen LogP) is 12.2. The number of hydrogen-bond acceptors (Lipinski definition) is 4. The number of nitrogens with zero attached hydrogens (tertiary/aromatic N) is 4. The number of aryl methyl sites for hydroxylation is 2. The number of hydrogen-bond donors (Lipinski definition) is 0. The summed E-state index contributed by atoms with van der Waals surface area (Å²) in [6.45, 7) is 12.3. The molecule has 4 heterocycles. The van der Waals surface area contributed by atoms with Gasteiger partial charge in [-0.25, -0.2) is 9.97 Å². The van der Waals surface area contributed by atoms with E-state index in [1.807, 2.05) is 20.0 Å². The quantitative estimate of drug-likeness (QED) is 0.161. The molecule has 5 aromatic carbocycles. The fourth-order valence-corrected chi connectivity index (χ4v) is 9.46. The molecule has 4 nitrogen and oxygen atoms in total. The van der Waals surface area contributed by atoms with Crippen LogP contribution in [0.2, 0.25) is 0 Å². The average Bonchev–Trinajstić information content (AvgIpc) is 3.59. The molecule has 290 valence electrons. The molecule has 0 amide bonds. The van der Waals surface area contributed by atoms with Crippen molar-refractivity contribution in [3.63, 3.8) is 0 Å². The molecule has 10 rings (SSSR count). The summed E-state index contributed by atoms with van der Waals surface area (Å²) in [6, 6.07) is 37.6. The molecular formula is C53H48N4Pt. The van der Waals surface area contributed by atoms with Crippen molar-refractivity contribution < 1.29 is 27.9 Å². The molecule has 0 saturated carbocycles. The second-order valence-corrected chi connectivity index (χ2v) is 16.7. The molecule has 2 aromatic heterocycles. The summed E-state index contributed by atoms with van der Waals surface area (Å²) in [5, 5.41) is 0. The summed E-state index contributed by atoms with van der Waals surface area (Å²) < 4.78 is 42.2. The maximum atomic E-state index is 8.70. The van der Waals surface area contributed by atoms with Crippen molar-refractivity contribution in [2.45, 2.75) is 71.1 Å². The van der Waals surface area contributed by atoms with Crippen LogP contribution in [0.15, 0.2) is 128 Å². The number of benzene rings is 5. The minimum absolute atomic E-state index is 0. The minimum atomic E-state index is -0.743. The van der Waals surface area contributed by atoms with E-state index in [1.54, 1.807) is 6.20 Å². The Balaban J connectivity index is 0.00000504. The predicted molar refractivity (Wildman–Crippen MR) is 234 cm³/mol. The van der Waals surface area contributed by atoms with Crippen LogP contribution in [0.4, 0.5) is 23.0 Å². The number of fused-ring (bicyclic) bond motifs is 5. The van der Waals surface area contributed by atoms with Crippen molar-refractivity contribution >= 4 is 23.0 Å². The Morgan fingerprint density at radius 3 is 1.88 bits per heavy atom. The van der Waals surface area contributed by atoms with E-state index < -0.39 is 11.5 Å². The molecule has 0 bridgehead atoms. The van der Waals surface area contributed by atoms with Gasteiger partial charge in [0, 0.05) is 36.5 Å². The van der Waals surface area contributed by atoms with E-state index in [-0.39, 0.29) is 56.2 Å². The molecule has 7 aromatic rings. The molecule has 0 fully saturated rings. The van der Waals surface area contributed by atoms with E-state index in [2.05, 4.69) is 128 Å². The molecule has 0 saturated heterocycles. The molecular weight excluding hydrogens is 888 g/mol. The van der Waals surface area contributed by atoms with Crippen molar-refractivity contribution in [1.29, 1.82) is 0 Å². The Hall–Kier alpha value is -5.31. The van der Waals surface area contributed by atoms with Crippen molar-refractivity contribution in [3.8, 4) is 22.3 Å². The molecule has 0 unspecified atom stereocenters. The zero-order valence-corrected chi connectivity index (χ0v) is 35.9. The van der Waals surface area contributed by atoms with E-state index in [1.165, 1.54) is 38.9 Å². The third-order valence-electron chi connectivity index (χ3n) is 12.5. The summed E-state index contributed by atoms with van der Waals surface area (Å²) in [4.78, 5) is 14.6. The van der Waals surface area contributed by atoms with Gasteiger partial charge in [0.15, 0.2) is 0 Å². The first kappa shape index (κ1) is 32.6. The Kier molecular flexibility index (Phi) is 8.33. The molecule has 0 spiro atoms. The summed E-state index contributed by atoms with van der Waals surface area (Å²) in [5.74, 6) is 1.72. The number of rotatable bonds is 5. The summed E-state index contributed by atoms with van der Waals surface area (Å²) in [5.41, 5.74) is 14.3. The van der Waals surface area contributed by atoms with Crippen LogP contribution in [0.1, 0.15) is 90.5 Å². The largest absolute Gasteiger partial charge is 2.00 e. The molecule has 5 heteroatoms. The Morgan fingerprint density at radius 2 is 1.26 bits per heavy atom. The van der Waals surface area contributed by atoms with Gasteiger partial charge in [-0.15, -0.1) is 22.3 Å². The van der Waals surface area contributed by atoms with Crippen molar-refractivity contribution in [3.05, 3.63) is 190 Å². The molecule has 1 aliphatic carbocycles. The second-order valence-electron chi connectivity index (χ2n) is 16.7. The van der Waals surface area contributed by atoms with Crippen LogP contribution in [0.5, 0.6) is 0 Å². The van der Waals surface area contributed by atoms with Crippen LogP contribution < -0.4 is 9.80 Å². The first-order valence-electron chi connectivity index (χ1n) is 22.7. The topological polar surface area (TPSA) is 32.3 Å². The molecule has 3 aliphatic rings. The van der Waals surface area contributed by atoms with Gasteiger partial charge in [-0.05, 0) is 88.7 Å². The smallest absolute Gasteiger partial charge is 0.350 e. The van der Waals surface area contributed by atoms with Crippen LogP contribution in [0.25, 0.3) is 22.3 Å². The van der Waals surface area contributed by atoms with Crippen LogP contribution >= 0.6 is 0 Å². The molecule has 0 radical (unpaired) electrons. The maximum Gasteiger partial charge on any atom is 2.00 e. The number of aromatic nitrogens is 2. The molecule has 2 aliphatic heterocycles. The van der Waals surface area contributed by atoms with E-state index >= 15 is 0 Å². The van der Waals surface area contributed by atoms with E-state index in [9.17, 15) is 0 Å². The summed E-state index contributed by atoms with van der Waals surface area (Å²) >= 11 is 0. The Bertz CT molecular complexity index is 2900. The monoisotopic (exact) mass is 940 g/mol. The van der Waals surface area contributed by atoms with Crippen LogP contribution in [0, 0.1) is 26.0 Å². The van der Waals surface area contributed by atoms with Crippen LogP contribution in [-0.2, 0) is 44.7 Å². The average molecular weight is 941 g/mol. The van der Waals surface area contributed by atoms with Gasteiger partial charge < -0.3 is 9.80 Å². The summed E-state index contributed by atoms with van der Waals surface area (Å²) in [6.07, 6.45) is 7.46. The SMILES string of the molecule is [2H]c1c([2H])c([2H])c(-c2cnc(N3CCCc4ccc(C5(c6[c-]c7c(cc6)CCCN7c6cc(C(C)(C)C)ccn6)c6ccccc6-c6ccccc65)[c-]c43)c(C)c2C)c([2H])c1[2H].[Pt+2]. The van der Waals surface area contributed by atoms with Gasteiger partial charge in [0.2, 0.25) is 0 Å².